The van der Waals surface area contributed by atoms with E-state index in [4.69, 9.17) is 4.74 Å². The number of allylic oxidation sites excluding steroid dienone is 2. The molecule has 1 aromatic rings. The van der Waals surface area contributed by atoms with Crippen LogP contribution >= 0.6 is 0 Å². The molecule has 104 valence electrons. The third-order valence-corrected chi connectivity index (χ3v) is 3.69. The summed E-state index contributed by atoms with van der Waals surface area (Å²) in [6, 6.07) is 6.49. The molecular formula is C17H25NO. The molecule has 0 fully saturated rings. The van der Waals surface area contributed by atoms with Crippen LogP contribution in [0.4, 0.5) is 0 Å². The van der Waals surface area contributed by atoms with Gasteiger partial charge in [-0.05, 0) is 74.0 Å². The van der Waals surface area contributed by atoms with Crippen LogP contribution in [0.25, 0.3) is 5.57 Å². The van der Waals surface area contributed by atoms with Crippen molar-refractivity contribution in [3.05, 3.63) is 35.4 Å². The lowest BCUT2D eigenvalue weighted by atomic mass is 9.88. The summed E-state index contributed by atoms with van der Waals surface area (Å²) in [5.74, 6) is 0.968. The summed E-state index contributed by atoms with van der Waals surface area (Å²) in [6.45, 7) is 4.45. The van der Waals surface area contributed by atoms with Gasteiger partial charge in [0.1, 0.15) is 5.75 Å². The van der Waals surface area contributed by atoms with E-state index in [0.29, 0.717) is 0 Å². The van der Waals surface area contributed by atoms with E-state index in [1.807, 2.05) is 0 Å². The molecule has 19 heavy (non-hydrogen) atoms. The predicted octanol–water partition coefficient (Wildman–Crippen LogP) is 3.80. The fourth-order valence-electron chi connectivity index (χ4n) is 2.65. The molecule has 0 unspecified atom stereocenters. The summed E-state index contributed by atoms with van der Waals surface area (Å²) >= 11 is 0. The summed E-state index contributed by atoms with van der Waals surface area (Å²) in [4.78, 5) is 0. The molecule has 1 aliphatic carbocycles. The lowest BCUT2D eigenvalue weighted by Gasteiger charge is -2.19. The second kappa shape index (κ2) is 7.34. The molecule has 0 spiro atoms. The van der Waals surface area contributed by atoms with Crippen LogP contribution in [0.15, 0.2) is 24.3 Å². The predicted molar refractivity (Wildman–Crippen MR) is 81.7 cm³/mol. The van der Waals surface area contributed by atoms with Gasteiger partial charge in [0.2, 0.25) is 0 Å². The lowest BCUT2D eigenvalue weighted by Crippen LogP contribution is -2.16. The normalized spacial score (nSPS) is 13.9. The van der Waals surface area contributed by atoms with Crippen molar-refractivity contribution in [2.75, 3.05) is 20.2 Å². The quantitative estimate of drug-likeness (QED) is 0.752. The van der Waals surface area contributed by atoms with Gasteiger partial charge in [-0.25, -0.2) is 0 Å². The number of rotatable bonds is 7. The Morgan fingerprint density at radius 3 is 2.95 bits per heavy atom. The van der Waals surface area contributed by atoms with E-state index in [0.717, 1.165) is 31.7 Å². The Kier molecular flexibility index (Phi) is 5.46. The largest absolute Gasteiger partial charge is 0.497 e. The molecule has 0 aliphatic heterocycles. The molecule has 0 atom stereocenters. The fourth-order valence-corrected chi connectivity index (χ4v) is 2.65. The topological polar surface area (TPSA) is 21.3 Å². The van der Waals surface area contributed by atoms with Gasteiger partial charge in [0, 0.05) is 0 Å². The van der Waals surface area contributed by atoms with Crippen LogP contribution in [0, 0.1) is 0 Å². The van der Waals surface area contributed by atoms with E-state index in [1.165, 1.54) is 36.0 Å². The van der Waals surface area contributed by atoms with Gasteiger partial charge in [0.05, 0.1) is 7.11 Å². The maximum Gasteiger partial charge on any atom is 0.119 e. The van der Waals surface area contributed by atoms with Gasteiger partial charge in [-0.1, -0.05) is 19.1 Å². The molecule has 1 N–H and O–H groups in total. The Bertz CT molecular complexity index is 437. The second-order valence-electron chi connectivity index (χ2n) is 5.14. The minimum Gasteiger partial charge on any atom is -0.497 e. The molecule has 0 saturated heterocycles. The first-order valence-corrected chi connectivity index (χ1v) is 7.42. The highest BCUT2D eigenvalue weighted by atomic mass is 16.5. The summed E-state index contributed by atoms with van der Waals surface area (Å²) < 4.78 is 5.35. The maximum absolute atomic E-state index is 5.35. The van der Waals surface area contributed by atoms with Crippen LogP contribution in [-0.2, 0) is 6.42 Å². The van der Waals surface area contributed by atoms with Gasteiger partial charge in [-0.2, -0.15) is 0 Å². The first kappa shape index (κ1) is 14.1. The molecule has 2 rings (SSSR count). The highest BCUT2D eigenvalue weighted by Gasteiger charge is 2.13. The number of benzene rings is 1. The van der Waals surface area contributed by atoms with Crippen molar-refractivity contribution in [1.29, 1.82) is 0 Å². The van der Waals surface area contributed by atoms with E-state index in [-0.39, 0.29) is 0 Å². The van der Waals surface area contributed by atoms with Crippen molar-refractivity contribution in [2.24, 2.45) is 0 Å². The van der Waals surface area contributed by atoms with Crippen LogP contribution in [0.2, 0.25) is 0 Å². The van der Waals surface area contributed by atoms with Gasteiger partial charge >= 0.3 is 0 Å². The maximum atomic E-state index is 5.35. The lowest BCUT2D eigenvalue weighted by molar-refractivity contribution is 0.414. The molecule has 0 saturated carbocycles. The van der Waals surface area contributed by atoms with E-state index in [1.54, 1.807) is 7.11 Å². The highest BCUT2D eigenvalue weighted by Crippen LogP contribution is 2.32. The minimum atomic E-state index is 0.968. The zero-order valence-corrected chi connectivity index (χ0v) is 12.2. The molecule has 2 heteroatoms. The second-order valence-corrected chi connectivity index (χ2v) is 5.14. The standard InChI is InChI=1S/C17H25NO/c1-3-11-18-12-5-8-14-6-4-7-15-9-10-16(19-2)13-17(14)15/h6,9-10,13,18H,3-5,7-8,11-12H2,1-2H3. The number of fused-ring (bicyclic) bond motifs is 1. The van der Waals surface area contributed by atoms with Crippen molar-refractivity contribution in [3.8, 4) is 5.75 Å². The van der Waals surface area contributed by atoms with Crippen molar-refractivity contribution < 1.29 is 4.74 Å². The molecular weight excluding hydrogens is 234 g/mol. The fraction of sp³-hybridized carbons (Fsp3) is 0.529. The zero-order chi connectivity index (χ0) is 13.5. The molecule has 1 aromatic carbocycles. The highest BCUT2D eigenvalue weighted by molar-refractivity contribution is 5.71. The summed E-state index contributed by atoms with van der Waals surface area (Å²) in [7, 11) is 1.74. The number of hydrogen-bond donors (Lipinski definition) is 1. The smallest absolute Gasteiger partial charge is 0.119 e. The van der Waals surface area contributed by atoms with Crippen molar-refractivity contribution in [3.63, 3.8) is 0 Å². The van der Waals surface area contributed by atoms with Crippen LogP contribution in [0.5, 0.6) is 5.75 Å². The SMILES string of the molecule is CCCNCCCC1=CCCc2ccc(OC)cc21. The number of ether oxygens (including phenoxy) is 1. The minimum absolute atomic E-state index is 0.968. The Labute approximate surface area is 116 Å². The summed E-state index contributed by atoms with van der Waals surface area (Å²) in [5.41, 5.74) is 4.37. The van der Waals surface area contributed by atoms with E-state index >= 15 is 0 Å². The average molecular weight is 259 g/mol. The first-order valence-electron chi connectivity index (χ1n) is 7.42. The van der Waals surface area contributed by atoms with Crippen molar-refractivity contribution in [1.82, 2.24) is 5.32 Å². The molecule has 0 heterocycles. The van der Waals surface area contributed by atoms with Crippen LogP contribution in [0.1, 0.15) is 43.7 Å². The Morgan fingerprint density at radius 1 is 1.26 bits per heavy atom. The Morgan fingerprint density at radius 2 is 2.16 bits per heavy atom. The van der Waals surface area contributed by atoms with E-state index in [2.05, 4.69) is 36.5 Å². The van der Waals surface area contributed by atoms with Gasteiger partial charge < -0.3 is 10.1 Å². The molecule has 2 nitrogen and oxygen atoms in total. The Balaban J connectivity index is 1.97. The third-order valence-electron chi connectivity index (χ3n) is 3.69. The first-order chi connectivity index (χ1) is 9.35. The number of aryl methyl sites for hydroxylation is 1. The summed E-state index contributed by atoms with van der Waals surface area (Å²) in [6.07, 6.45) is 8.33. The Hall–Kier alpha value is -1.28. The average Bonchev–Trinajstić information content (AvgIpc) is 2.46. The van der Waals surface area contributed by atoms with Gasteiger partial charge in [-0.3, -0.25) is 0 Å². The molecule has 0 amide bonds. The van der Waals surface area contributed by atoms with Crippen LogP contribution in [-0.4, -0.2) is 20.2 Å². The molecule has 0 aromatic heterocycles. The monoisotopic (exact) mass is 259 g/mol. The van der Waals surface area contributed by atoms with Crippen LogP contribution < -0.4 is 10.1 Å². The van der Waals surface area contributed by atoms with E-state index in [9.17, 15) is 0 Å². The zero-order valence-electron chi connectivity index (χ0n) is 12.2. The molecule has 1 aliphatic rings. The summed E-state index contributed by atoms with van der Waals surface area (Å²) in [5, 5.41) is 3.47. The molecule has 0 bridgehead atoms. The van der Waals surface area contributed by atoms with Gasteiger partial charge in [0.25, 0.3) is 0 Å². The number of nitrogens with one attached hydrogen (secondary N) is 1. The van der Waals surface area contributed by atoms with Crippen LogP contribution in [0.3, 0.4) is 0 Å². The van der Waals surface area contributed by atoms with Gasteiger partial charge in [-0.15, -0.1) is 0 Å². The van der Waals surface area contributed by atoms with Gasteiger partial charge in [0.15, 0.2) is 0 Å². The van der Waals surface area contributed by atoms with Crippen molar-refractivity contribution >= 4 is 5.57 Å². The van der Waals surface area contributed by atoms with E-state index < -0.39 is 0 Å². The number of hydrogen-bond acceptors (Lipinski definition) is 2. The third kappa shape index (κ3) is 3.84. The number of methoxy groups -OCH3 is 1. The molecule has 0 radical (unpaired) electrons. The van der Waals surface area contributed by atoms with Crippen molar-refractivity contribution in [2.45, 2.75) is 39.0 Å².